The molecule has 1 aliphatic heterocycles. The fraction of sp³-hybridized carbons (Fsp3) is 0.333. The number of amides is 3. The molecule has 3 amide bonds. The first kappa shape index (κ1) is 28.4. The molecule has 1 aromatic carbocycles. The average Bonchev–Trinajstić information content (AvgIpc) is 2.98. The van der Waals surface area contributed by atoms with Gasteiger partial charge in [0.15, 0.2) is 0 Å². The summed E-state index contributed by atoms with van der Waals surface area (Å²) in [5, 5.41) is 12.8. The molecule has 0 saturated carbocycles. The number of rotatable bonds is 6. The van der Waals surface area contributed by atoms with Gasteiger partial charge in [0.25, 0.3) is 5.91 Å². The monoisotopic (exact) mass is 543 g/mol. The van der Waals surface area contributed by atoms with Crippen LogP contribution in [0.1, 0.15) is 35.3 Å². The van der Waals surface area contributed by atoms with E-state index in [2.05, 4.69) is 27.1 Å². The van der Waals surface area contributed by atoms with E-state index >= 15 is 0 Å². The predicted octanol–water partition coefficient (Wildman–Crippen LogP) is 3.27. The van der Waals surface area contributed by atoms with Crippen LogP contribution in [0.25, 0.3) is 0 Å². The van der Waals surface area contributed by atoms with Crippen molar-refractivity contribution in [1.82, 2.24) is 19.8 Å². The summed E-state index contributed by atoms with van der Waals surface area (Å²) in [6.45, 7) is 4.09. The number of aliphatic hydroxyl groups is 1. The molecule has 0 bridgehead atoms. The molecule has 0 aliphatic carbocycles. The second kappa shape index (κ2) is 13.0. The van der Waals surface area contributed by atoms with Gasteiger partial charge < -0.3 is 29.7 Å². The Morgan fingerprint density at radius 3 is 2.77 bits per heavy atom. The molecule has 3 heterocycles. The summed E-state index contributed by atoms with van der Waals surface area (Å²) >= 11 is 0. The first-order chi connectivity index (χ1) is 19.3. The van der Waals surface area contributed by atoms with Gasteiger partial charge >= 0.3 is 6.03 Å². The molecule has 0 spiro atoms. The highest BCUT2D eigenvalue weighted by Gasteiger charge is 2.34. The number of nitrogens with one attached hydrogen (secondary N) is 1. The van der Waals surface area contributed by atoms with Crippen LogP contribution in [0.4, 0.5) is 10.5 Å². The number of pyridine rings is 2. The van der Waals surface area contributed by atoms with E-state index in [1.165, 1.54) is 4.90 Å². The van der Waals surface area contributed by atoms with E-state index in [9.17, 15) is 14.7 Å². The maximum atomic E-state index is 13.6. The zero-order chi connectivity index (χ0) is 28.6. The number of aliphatic hydroxyl groups excluding tert-OH is 1. The Morgan fingerprint density at radius 2 is 2.05 bits per heavy atom. The van der Waals surface area contributed by atoms with Crippen molar-refractivity contribution < 1.29 is 24.2 Å². The predicted molar refractivity (Wildman–Crippen MR) is 150 cm³/mol. The van der Waals surface area contributed by atoms with Crippen molar-refractivity contribution >= 4 is 17.6 Å². The molecular formula is C30H33N5O5. The van der Waals surface area contributed by atoms with E-state index in [0.29, 0.717) is 23.5 Å². The van der Waals surface area contributed by atoms with Crippen LogP contribution in [0, 0.1) is 17.8 Å². The fourth-order valence-corrected chi connectivity index (χ4v) is 4.24. The quantitative estimate of drug-likeness (QED) is 0.459. The summed E-state index contributed by atoms with van der Waals surface area (Å²) in [4.78, 5) is 38.2. The van der Waals surface area contributed by atoms with Gasteiger partial charge in [-0.25, -0.2) is 9.78 Å². The first-order valence-corrected chi connectivity index (χ1v) is 13.0. The van der Waals surface area contributed by atoms with Crippen molar-refractivity contribution in [2.45, 2.75) is 26.0 Å². The van der Waals surface area contributed by atoms with E-state index in [0.717, 1.165) is 5.56 Å². The maximum absolute atomic E-state index is 13.6. The molecule has 40 heavy (non-hydrogen) atoms. The number of fused-ring (bicyclic) bond motifs is 1. The van der Waals surface area contributed by atoms with Crippen LogP contribution in [0.5, 0.6) is 11.6 Å². The van der Waals surface area contributed by atoms with Crippen molar-refractivity contribution in [2.24, 2.45) is 5.92 Å². The van der Waals surface area contributed by atoms with Crippen molar-refractivity contribution in [1.29, 1.82) is 0 Å². The Hall–Kier alpha value is -4.62. The lowest BCUT2D eigenvalue weighted by Gasteiger charge is -2.37. The lowest BCUT2D eigenvalue weighted by molar-refractivity contribution is 0.0356. The zero-order valence-corrected chi connectivity index (χ0v) is 23.0. The van der Waals surface area contributed by atoms with Gasteiger partial charge in [-0.1, -0.05) is 24.8 Å². The standard InChI is InChI=1S/C30H33N5O5/c1-20-17-35(21(2)19-36)29(37)26-13-23(11-10-22-7-6-12-31-15-22)16-32-28(26)40-27(20)18-34(3)30(38)33-24-8-5-9-25(14-24)39-4/h5-9,12-16,20-21,27,36H,17-19H2,1-4H3,(H,33,38)/t20-,21+,27-/m0/s1. The smallest absolute Gasteiger partial charge is 0.321 e. The number of nitrogens with zero attached hydrogens (tertiary/aromatic N) is 4. The number of ether oxygens (including phenoxy) is 2. The van der Waals surface area contributed by atoms with Gasteiger partial charge in [0, 0.05) is 61.0 Å². The molecule has 4 rings (SSSR count). The van der Waals surface area contributed by atoms with Crippen molar-refractivity contribution in [2.75, 3.05) is 39.2 Å². The number of hydrogen-bond donors (Lipinski definition) is 2. The summed E-state index contributed by atoms with van der Waals surface area (Å²) < 4.78 is 11.5. The summed E-state index contributed by atoms with van der Waals surface area (Å²) in [5.74, 6) is 6.36. The molecule has 0 unspecified atom stereocenters. The molecule has 10 heteroatoms. The van der Waals surface area contributed by atoms with E-state index in [1.807, 2.05) is 13.0 Å². The van der Waals surface area contributed by atoms with Crippen LogP contribution in [0.3, 0.4) is 0 Å². The van der Waals surface area contributed by atoms with Gasteiger partial charge in [-0.05, 0) is 37.3 Å². The Labute approximate surface area is 234 Å². The minimum Gasteiger partial charge on any atom is -0.497 e. The van der Waals surface area contributed by atoms with Crippen LogP contribution < -0.4 is 14.8 Å². The van der Waals surface area contributed by atoms with E-state index < -0.39 is 12.1 Å². The van der Waals surface area contributed by atoms with E-state index in [1.54, 1.807) is 81.0 Å². The largest absolute Gasteiger partial charge is 0.497 e. The minimum absolute atomic E-state index is 0.158. The first-order valence-electron chi connectivity index (χ1n) is 13.0. The van der Waals surface area contributed by atoms with Crippen LogP contribution in [-0.2, 0) is 0 Å². The van der Waals surface area contributed by atoms with E-state index in [4.69, 9.17) is 9.47 Å². The molecule has 0 radical (unpaired) electrons. The number of carbonyl (C=O) groups excluding carboxylic acids is 2. The third-order valence-electron chi connectivity index (χ3n) is 6.66. The number of benzene rings is 1. The van der Waals surface area contributed by atoms with Crippen molar-refractivity contribution in [3.63, 3.8) is 0 Å². The fourth-order valence-electron chi connectivity index (χ4n) is 4.24. The number of methoxy groups -OCH3 is 1. The van der Waals surface area contributed by atoms with Crippen molar-refractivity contribution in [3.05, 3.63) is 77.7 Å². The number of aromatic nitrogens is 2. The van der Waals surface area contributed by atoms with Gasteiger partial charge in [0.2, 0.25) is 5.88 Å². The number of carbonyl (C=O) groups is 2. The second-order valence-corrected chi connectivity index (χ2v) is 9.73. The molecule has 1 aliphatic rings. The Bertz CT molecular complexity index is 1400. The molecule has 208 valence electrons. The van der Waals surface area contributed by atoms with Gasteiger partial charge in [0.05, 0.1) is 26.3 Å². The summed E-state index contributed by atoms with van der Waals surface area (Å²) in [7, 11) is 3.24. The normalized spacial score (nSPS) is 17.2. The molecule has 3 aromatic rings. The zero-order valence-electron chi connectivity index (χ0n) is 23.0. The van der Waals surface area contributed by atoms with Gasteiger partial charge in [0.1, 0.15) is 17.4 Å². The molecular weight excluding hydrogens is 510 g/mol. The van der Waals surface area contributed by atoms with E-state index in [-0.39, 0.29) is 42.5 Å². The Morgan fingerprint density at radius 1 is 1.25 bits per heavy atom. The van der Waals surface area contributed by atoms with Gasteiger partial charge in [-0.2, -0.15) is 0 Å². The maximum Gasteiger partial charge on any atom is 0.321 e. The summed E-state index contributed by atoms with van der Waals surface area (Å²) in [6, 6.07) is 11.6. The van der Waals surface area contributed by atoms with Gasteiger partial charge in [-0.3, -0.25) is 9.78 Å². The highest BCUT2D eigenvalue weighted by Crippen LogP contribution is 2.27. The molecule has 0 saturated heterocycles. The lowest BCUT2D eigenvalue weighted by Crippen LogP contribution is -2.50. The van der Waals surface area contributed by atoms with Crippen LogP contribution in [0.2, 0.25) is 0 Å². The summed E-state index contributed by atoms with van der Waals surface area (Å²) in [6.07, 6.45) is 4.39. The molecule has 2 aromatic heterocycles. The van der Waals surface area contributed by atoms with Crippen molar-refractivity contribution in [3.8, 4) is 23.5 Å². The third-order valence-corrected chi connectivity index (χ3v) is 6.66. The highest BCUT2D eigenvalue weighted by molar-refractivity contribution is 5.97. The Balaban J connectivity index is 1.59. The third kappa shape index (κ3) is 6.87. The van der Waals surface area contributed by atoms with Crippen LogP contribution in [-0.4, -0.2) is 82.8 Å². The topological polar surface area (TPSA) is 117 Å². The SMILES string of the molecule is COc1cccc(NC(=O)N(C)C[C@@H]2Oc3ncc(C#Cc4cccnc4)cc3C(=O)N([C@H](C)CO)C[C@@H]2C)c1. The number of anilines is 1. The number of hydrogen-bond acceptors (Lipinski definition) is 7. The average molecular weight is 544 g/mol. The molecule has 2 N–H and O–H groups in total. The molecule has 10 nitrogen and oxygen atoms in total. The summed E-state index contributed by atoms with van der Waals surface area (Å²) in [5.41, 5.74) is 2.12. The van der Waals surface area contributed by atoms with Gasteiger partial charge in [-0.15, -0.1) is 0 Å². The lowest BCUT2D eigenvalue weighted by atomic mass is 10.00. The Kier molecular flexibility index (Phi) is 9.19. The number of urea groups is 1. The molecule has 3 atom stereocenters. The highest BCUT2D eigenvalue weighted by atomic mass is 16.5. The molecule has 0 fully saturated rings. The van der Waals surface area contributed by atoms with Crippen LogP contribution >= 0.6 is 0 Å². The number of likely N-dealkylation sites (N-methyl/N-ethyl adjacent to an activating group) is 1. The van der Waals surface area contributed by atoms with Crippen LogP contribution in [0.15, 0.2) is 61.1 Å². The second-order valence-electron chi connectivity index (χ2n) is 9.73. The minimum atomic E-state index is -0.485.